The molecule has 4 rings (SSSR count). The van der Waals surface area contributed by atoms with Crippen LogP contribution in [0.4, 0.5) is 5.69 Å². The molecule has 0 fully saturated rings. The summed E-state index contributed by atoms with van der Waals surface area (Å²) in [4.78, 5) is 31.5. The Morgan fingerprint density at radius 2 is 1.83 bits per heavy atom. The number of fused-ring (bicyclic) bond motifs is 1. The van der Waals surface area contributed by atoms with Gasteiger partial charge in [-0.05, 0) is 43.7 Å². The molecule has 2 aromatic carbocycles. The summed E-state index contributed by atoms with van der Waals surface area (Å²) in [6.07, 6.45) is 0. The average Bonchev–Trinajstić information content (AvgIpc) is 3.18. The predicted molar refractivity (Wildman–Crippen MR) is 120 cm³/mol. The molecule has 6 nitrogen and oxygen atoms in total. The fraction of sp³-hybridized carbons (Fsp3) is 0.174. The van der Waals surface area contributed by atoms with Gasteiger partial charge in [-0.2, -0.15) is 0 Å². The molecule has 0 aliphatic rings. The Morgan fingerprint density at radius 3 is 2.50 bits per heavy atom. The molecule has 0 aliphatic heterocycles. The van der Waals surface area contributed by atoms with Crippen LogP contribution in [0.5, 0.6) is 5.75 Å². The molecule has 2 aromatic heterocycles. The van der Waals surface area contributed by atoms with Crippen LogP contribution < -0.4 is 15.6 Å². The fourth-order valence-corrected chi connectivity index (χ4v) is 4.41. The first kappa shape index (κ1) is 19.8. The van der Waals surface area contributed by atoms with Crippen LogP contribution in [0, 0.1) is 6.92 Å². The summed E-state index contributed by atoms with van der Waals surface area (Å²) < 4.78 is 6.68. The summed E-state index contributed by atoms with van der Waals surface area (Å²) in [6.45, 7) is 3.46. The molecule has 30 heavy (non-hydrogen) atoms. The topological polar surface area (TPSA) is 73.2 Å². The molecule has 0 spiro atoms. The fourth-order valence-electron chi connectivity index (χ4n) is 3.43. The molecule has 0 aliphatic carbocycles. The van der Waals surface area contributed by atoms with Crippen molar-refractivity contribution >= 4 is 33.1 Å². The maximum absolute atomic E-state index is 13.5. The van der Waals surface area contributed by atoms with Crippen LogP contribution in [0.1, 0.15) is 18.8 Å². The third-order valence-electron chi connectivity index (χ3n) is 5.03. The number of ether oxygens (including phenoxy) is 1. The number of aromatic nitrogens is 2. The van der Waals surface area contributed by atoms with Gasteiger partial charge in [-0.1, -0.05) is 30.3 Å². The third kappa shape index (κ3) is 3.59. The van der Waals surface area contributed by atoms with Gasteiger partial charge in [0.25, 0.3) is 5.56 Å². The van der Waals surface area contributed by atoms with Crippen molar-refractivity contribution in [2.45, 2.75) is 19.9 Å². The van der Waals surface area contributed by atoms with Crippen molar-refractivity contribution in [1.29, 1.82) is 0 Å². The van der Waals surface area contributed by atoms with Crippen LogP contribution >= 0.6 is 11.3 Å². The van der Waals surface area contributed by atoms with Crippen molar-refractivity contribution in [1.82, 2.24) is 9.55 Å². The highest BCUT2D eigenvalue weighted by Crippen LogP contribution is 2.32. The van der Waals surface area contributed by atoms with E-state index in [-0.39, 0.29) is 11.5 Å². The summed E-state index contributed by atoms with van der Waals surface area (Å²) >= 11 is 1.42. The van der Waals surface area contributed by atoms with E-state index in [0.717, 1.165) is 16.9 Å². The van der Waals surface area contributed by atoms with E-state index in [1.54, 1.807) is 21.0 Å². The van der Waals surface area contributed by atoms with Gasteiger partial charge in [-0.25, -0.2) is 4.98 Å². The summed E-state index contributed by atoms with van der Waals surface area (Å²) in [5.41, 5.74) is 2.17. The van der Waals surface area contributed by atoms with E-state index in [1.807, 2.05) is 60.0 Å². The van der Waals surface area contributed by atoms with E-state index < -0.39 is 6.04 Å². The number of carbonyl (C=O) groups is 1. The second-order valence-electron chi connectivity index (χ2n) is 6.92. The van der Waals surface area contributed by atoms with Crippen molar-refractivity contribution in [3.8, 4) is 16.9 Å². The van der Waals surface area contributed by atoms with Crippen LogP contribution in [0.25, 0.3) is 21.3 Å². The quantitative estimate of drug-likeness (QED) is 0.511. The van der Waals surface area contributed by atoms with Gasteiger partial charge < -0.3 is 10.1 Å². The van der Waals surface area contributed by atoms with Crippen LogP contribution in [-0.2, 0) is 4.79 Å². The van der Waals surface area contributed by atoms with Gasteiger partial charge in [0, 0.05) is 16.6 Å². The number of hydrogen-bond acceptors (Lipinski definition) is 5. The molecule has 1 amide bonds. The Kier molecular flexibility index (Phi) is 5.37. The first-order valence-corrected chi connectivity index (χ1v) is 10.4. The maximum Gasteiger partial charge on any atom is 0.263 e. The Balaban J connectivity index is 1.76. The lowest BCUT2D eigenvalue weighted by Crippen LogP contribution is -2.33. The molecule has 0 radical (unpaired) electrons. The maximum atomic E-state index is 13.5. The lowest BCUT2D eigenvalue weighted by atomic mass is 10.1. The Morgan fingerprint density at radius 1 is 1.13 bits per heavy atom. The summed E-state index contributed by atoms with van der Waals surface area (Å²) in [7, 11) is 1.61. The smallest absolute Gasteiger partial charge is 0.263 e. The minimum Gasteiger partial charge on any atom is -0.497 e. The standard InChI is InChI=1S/C23H21N3O3S/c1-14(21(27)25-17-7-5-4-6-8-17)26-15(2)24-22-20(23(26)28)19(13-30-22)16-9-11-18(29-3)12-10-16/h4-14H,1-3H3,(H,25,27). The monoisotopic (exact) mass is 419 g/mol. The number of nitrogens with one attached hydrogen (secondary N) is 1. The lowest BCUT2D eigenvalue weighted by Gasteiger charge is -2.17. The van der Waals surface area contributed by atoms with Gasteiger partial charge >= 0.3 is 0 Å². The number of methoxy groups -OCH3 is 1. The van der Waals surface area contributed by atoms with Crippen molar-refractivity contribution < 1.29 is 9.53 Å². The number of hydrogen-bond donors (Lipinski definition) is 1. The van der Waals surface area contributed by atoms with E-state index in [0.29, 0.717) is 21.7 Å². The number of carbonyl (C=O) groups excluding carboxylic acids is 1. The Hall–Kier alpha value is -3.45. The molecule has 0 bridgehead atoms. The number of para-hydroxylation sites is 1. The molecule has 4 aromatic rings. The lowest BCUT2D eigenvalue weighted by molar-refractivity contribution is -0.118. The zero-order valence-corrected chi connectivity index (χ0v) is 17.7. The number of nitrogens with zero attached hydrogens (tertiary/aromatic N) is 2. The zero-order valence-electron chi connectivity index (χ0n) is 16.9. The second kappa shape index (κ2) is 8.12. The van der Waals surface area contributed by atoms with Crippen molar-refractivity contribution in [2.24, 2.45) is 0 Å². The van der Waals surface area contributed by atoms with Gasteiger partial charge in [0.2, 0.25) is 5.91 Å². The molecule has 1 N–H and O–H groups in total. The van der Waals surface area contributed by atoms with Crippen molar-refractivity contribution in [3.05, 3.63) is 76.2 Å². The highest BCUT2D eigenvalue weighted by Gasteiger charge is 2.22. The van der Waals surface area contributed by atoms with Gasteiger partial charge in [0.1, 0.15) is 22.4 Å². The molecular weight excluding hydrogens is 398 g/mol. The van der Waals surface area contributed by atoms with Crippen LogP contribution in [0.3, 0.4) is 0 Å². The highest BCUT2D eigenvalue weighted by atomic mass is 32.1. The van der Waals surface area contributed by atoms with E-state index in [4.69, 9.17) is 4.74 Å². The van der Waals surface area contributed by atoms with Crippen LogP contribution in [0.2, 0.25) is 0 Å². The molecule has 0 saturated carbocycles. The number of rotatable bonds is 5. The number of thiophene rings is 1. The molecule has 152 valence electrons. The van der Waals surface area contributed by atoms with E-state index in [1.165, 1.54) is 15.9 Å². The summed E-state index contributed by atoms with van der Waals surface area (Å²) in [5, 5.41) is 5.31. The normalized spacial score (nSPS) is 12.0. The third-order valence-corrected chi connectivity index (χ3v) is 5.90. The largest absolute Gasteiger partial charge is 0.497 e. The van der Waals surface area contributed by atoms with E-state index >= 15 is 0 Å². The van der Waals surface area contributed by atoms with Crippen molar-refractivity contribution in [3.63, 3.8) is 0 Å². The Labute approximate surface area is 177 Å². The molecule has 7 heteroatoms. The zero-order chi connectivity index (χ0) is 21.3. The minimum atomic E-state index is -0.710. The van der Waals surface area contributed by atoms with E-state index in [9.17, 15) is 9.59 Å². The first-order chi connectivity index (χ1) is 14.5. The molecule has 1 unspecified atom stereocenters. The van der Waals surface area contributed by atoms with E-state index in [2.05, 4.69) is 10.3 Å². The van der Waals surface area contributed by atoms with Gasteiger partial charge in [-0.15, -0.1) is 11.3 Å². The van der Waals surface area contributed by atoms with Gasteiger partial charge in [0.05, 0.1) is 12.5 Å². The molecular formula is C23H21N3O3S. The SMILES string of the molecule is COc1ccc(-c2csc3nc(C)n(C(C)C(=O)Nc4ccccc4)c(=O)c23)cc1. The molecule has 2 heterocycles. The summed E-state index contributed by atoms with van der Waals surface area (Å²) in [6, 6.07) is 16.0. The predicted octanol–water partition coefficient (Wildman–Crippen LogP) is 4.64. The summed E-state index contributed by atoms with van der Waals surface area (Å²) in [5.74, 6) is 0.982. The average molecular weight is 420 g/mol. The highest BCUT2D eigenvalue weighted by molar-refractivity contribution is 7.17. The molecule has 1 atom stereocenters. The Bertz CT molecular complexity index is 1260. The number of anilines is 1. The second-order valence-corrected chi connectivity index (χ2v) is 7.78. The van der Waals surface area contributed by atoms with Gasteiger partial charge in [0.15, 0.2) is 0 Å². The minimum absolute atomic E-state index is 0.222. The van der Waals surface area contributed by atoms with Crippen molar-refractivity contribution in [2.75, 3.05) is 12.4 Å². The number of amides is 1. The molecule has 0 saturated heterocycles. The first-order valence-electron chi connectivity index (χ1n) is 9.50. The number of aryl methyl sites for hydroxylation is 1. The van der Waals surface area contributed by atoms with Gasteiger partial charge in [-0.3, -0.25) is 14.2 Å². The van der Waals surface area contributed by atoms with Crippen LogP contribution in [0.15, 0.2) is 64.8 Å². The number of benzene rings is 2. The van der Waals surface area contributed by atoms with Crippen LogP contribution in [-0.4, -0.2) is 22.6 Å².